The molecule has 1 aromatic carbocycles. The minimum atomic E-state index is -0.618. The van der Waals surface area contributed by atoms with Gasteiger partial charge in [0.1, 0.15) is 11.5 Å². The van der Waals surface area contributed by atoms with Crippen LogP contribution in [0.4, 0.5) is 4.39 Å². The van der Waals surface area contributed by atoms with Gasteiger partial charge in [0.05, 0.1) is 12.2 Å². The Balaban J connectivity index is 1.61. The van der Waals surface area contributed by atoms with Crippen LogP contribution >= 0.6 is 0 Å². The zero-order valence-electron chi connectivity index (χ0n) is 13.7. The SMILES string of the molecule is NC(=O)C(CNC(=O)c1cc(-c2ccco2)[nH]n1)Cc1ccc(F)cc1. The van der Waals surface area contributed by atoms with Gasteiger partial charge in [0, 0.05) is 12.6 Å². The maximum Gasteiger partial charge on any atom is 0.271 e. The van der Waals surface area contributed by atoms with Gasteiger partial charge in [-0.05, 0) is 36.2 Å². The number of primary amides is 1. The van der Waals surface area contributed by atoms with Crippen LogP contribution in [0, 0.1) is 11.7 Å². The maximum absolute atomic E-state index is 13.0. The molecule has 0 saturated heterocycles. The number of aromatic nitrogens is 2. The summed E-state index contributed by atoms with van der Waals surface area (Å²) in [4.78, 5) is 23.9. The molecule has 0 aliphatic carbocycles. The van der Waals surface area contributed by atoms with E-state index in [0.717, 1.165) is 5.56 Å². The van der Waals surface area contributed by atoms with Gasteiger partial charge < -0.3 is 15.5 Å². The molecule has 2 heterocycles. The van der Waals surface area contributed by atoms with Crippen molar-refractivity contribution in [2.24, 2.45) is 11.7 Å². The summed E-state index contributed by atoms with van der Waals surface area (Å²) >= 11 is 0. The number of aromatic amines is 1. The Morgan fingerprint density at radius 3 is 2.69 bits per heavy atom. The summed E-state index contributed by atoms with van der Waals surface area (Å²) in [6, 6.07) is 10.8. The number of hydrogen-bond acceptors (Lipinski definition) is 4. The number of rotatable bonds is 7. The van der Waals surface area contributed by atoms with Crippen molar-refractivity contribution < 1.29 is 18.4 Å². The molecule has 0 saturated carbocycles. The number of carbonyl (C=O) groups is 2. The molecule has 8 heteroatoms. The molecule has 134 valence electrons. The predicted molar refractivity (Wildman–Crippen MR) is 91.4 cm³/mol. The monoisotopic (exact) mass is 356 g/mol. The van der Waals surface area contributed by atoms with Crippen molar-refractivity contribution in [2.75, 3.05) is 6.54 Å². The number of halogens is 1. The molecule has 0 aliphatic rings. The third kappa shape index (κ3) is 4.15. The van der Waals surface area contributed by atoms with E-state index in [-0.39, 0.29) is 18.1 Å². The highest BCUT2D eigenvalue weighted by molar-refractivity contribution is 5.93. The van der Waals surface area contributed by atoms with E-state index in [9.17, 15) is 14.0 Å². The molecule has 3 aromatic rings. The van der Waals surface area contributed by atoms with Crippen LogP contribution in [-0.4, -0.2) is 28.6 Å². The van der Waals surface area contributed by atoms with Gasteiger partial charge in [0.2, 0.25) is 5.91 Å². The number of hydrogen-bond donors (Lipinski definition) is 3. The lowest BCUT2D eigenvalue weighted by molar-refractivity contribution is -0.121. The molecular weight excluding hydrogens is 339 g/mol. The summed E-state index contributed by atoms with van der Waals surface area (Å²) in [7, 11) is 0. The summed E-state index contributed by atoms with van der Waals surface area (Å²) in [6.45, 7) is 0.0501. The number of furan rings is 1. The number of H-pyrrole nitrogens is 1. The smallest absolute Gasteiger partial charge is 0.271 e. The average molecular weight is 356 g/mol. The molecular formula is C18H17FN4O3. The summed E-state index contributed by atoms with van der Waals surface area (Å²) < 4.78 is 18.2. The number of carbonyl (C=O) groups excluding carboxylic acids is 2. The highest BCUT2D eigenvalue weighted by Crippen LogP contribution is 2.17. The Morgan fingerprint density at radius 1 is 1.27 bits per heavy atom. The van der Waals surface area contributed by atoms with Crippen molar-refractivity contribution in [3.8, 4) is 11.5 Å². The van der Waals surface area contributed by atoms with Crippen LogP contribution in [-0.2, 0) is 11.2 Å². The molecule has 7 nitrogen and oxygen atoms in total. The van der Waals surface area contributed by atoms with Crippen LogP contribution < -0.4 is 11.1 Å². The molecule has 0 spiro atoms. The van der Waals surface area contributed by atoms with E-state index < -0.39 is 17.7 Å². The molecule has 26 heavy (non-hydrogen) atoms. The summed E-state index contributed by atoms with van der Waals surface area (Å²) in [5.74, 6) is -1.41. The van der Waals surface area contributed by atoms with E-state index in [1.165, 1.54) is 18.4 Å². The number of benzene rings is 1. The van der Waals surface area contributed by atoms with Gasteiger partial charge in [0.15, 0.2) is 11.5 Å². The Bertz CT molecular complexity index is 888. The van der Waals surface area contributed by atoms with Crippen molar-refractivity contribution in [3.63, 3.8) is 0 Å². The van der Waals surface area contributed by atoms with Crippen LogP contribution in [0.5, 0.6) is 0 Å². The van der Waals surface area contributed by atoms with Crippen LogP contribution in [0.3, 0.4) is 0 Å². The Kier molecular flexibility index (Phi) is 5.12. The minimum absolute atomic E-state index is 0.0501. The molecule has 0 bridgehead atoms. The molecule has 3 rings (SSSR count). The van der Waals surface area contributed by atoms with Gasteiger partial charge in [-0.3, -0.25) is 14.7 Å². The molecule has 2 amide bonds. The van der Waals surface area contributed by atoms with Crippen LogP contribution in [0.25, 0.3) is 11.5 Å². The first kappa shape index (κ1) is 17.4. The fraction of sp³-hybridized carbons (Fsp3) is 0.167. The molecule has 2 aromatic heterocycles. The van der Waals surface area contributed by atoms with Crippen LogP contribution in [0.15, 0.2) is 53.1 Å². The lowest BCUT2D eigenvalue weighted by Gasteiger charge is -2.14. The maximum atomic E-state index is 13.0. The first-order valence-electron chi connectivity index (χ1n) is 7.94. The fourth-order valence-corrected chi connectivity index (χ4v) is 2.48. The Hall–Kier alpha value is -3.42. The van der Waals surface area contributed by atoms with Crippen LogP contribution in [0.2, 0.25) is 0 Å². The molecule has 4 N–H and O–H groups in total. The number of nitrogens with zero attached hydrogens (tertiary/aromatic N) is 1. The second-order valence-electron chi connectivity index (χ2n) is 5.78. The topological polar surface area (TPSA) is 114 Å². The van der Waals surface area contributed by atoms with Gasteiger partial charge in [-0.25, -0.2) is 4.39 Å². The average Bonchev–Trinajstić information content (AvgIpc) is 3.30. The second-order valence-corrected chi connectivity index (χ2v) is 5.78. The van der Waals surface area contributed by atoms with E-state index >= 15 is 0 Å². The lowest BCUT2D eigenvalue weighted by Crippen LogP contribution is -2.37. The van der Waals surface area contributed by atoms with Gasteiger partial charge in [-0.15, -0.1) is 0 Å². The van der Waals surface area contributed by atoms with Gasteiger partial charge in [0.25, 0.3) is 5.91 Å². The van der Waals surface area contributed by atoms with Crippen molar-refractivity contribution in [2.45, 2.75) is 6.42 Å². The number of nitrogens with one attached hydrogen (secondary N) is 2. The van der Waals surface area contributed by atoms with Crippen molar-refractivity contribution in [3.05, 3.63) is 65.8 Å². The Labute approximate surface area is 148 Å². The molecule has 1 unspecified atom stereocenters. The highest BCUT2D eigenvalue weighted by atomic mass is 19.1. The van der Waals surface area contributed by atoms with Gasteiger partial charge >= 0.3 is 0 Å². The Morgan fingerprint density at radius 2 is 2.04 bits per heavy atom. The zero-order valence-corrected chi connectivity index (χ0v) is 13.7. The van der Waals surface area contributed by atoms with Crippen molar-refractivity contribution >= 4 is 11.8 Å². The largest absolute Gasteiger partial charge is 0.463 e. The van der Waals surface area contributed by atoms with E-state index in [2.05, 4.69) is 15.5 Å². The second kappa shape index (κ2) is 7.64. The molecule has 0 fully saturated rings. The molecule has 0 radical (unpaired) electrons. The quantitative estimate of drug-likeness (QED) is 0.600. The third-order valence-corrected chi connectivity index (χ3v) is 3.90. The first-order valence-corrected chi connectivity index (χ1v) is 7.94. The summed E-state index contributed by atoms with van der Waals surface area (Å²) in [5, 5.41) is 9.29. The van der Waals surface area contributed by atoms with Gasteiger partial charge in [-0.1, -0.05) is 12.1 Å². The van der Waals surface area contributed by atoms with Crippen LogP contribution in [0.1, 0.15) is 16.1 Å². The molecule has 1 atom stereocenters. The number of amides is 2. The minimum Gasteiger partial charge on any atom is -0.463 e. The zero-order chi connectivity index (χ0) is 18.5. The van der Waals surface area contributed by atoms with Crippen molar-refractivity contribution in [1.82, 2.24) is 15.5 Å². The van der Waals surface area contributed by atoms with Gasteiger partial charge in [-0.2, -0.15) is 5.10 Å². The number of nitrogens with two attached hydrogens (primary N) is 1. The summed E-state index contributed by atoms with van der Waals surface area (Å²) in [6.07, 6.45) is 1.82. The third-order valence-electron chi connectivity index (χ3n) is 3.90. The normalized spacial score (nSPS) is 11.9. The highest BCUT2D eigenvalue weighted by Gasteiger charge is 2.19. The summed E-state index contributed by atoms with van der Waals surface area (Å²) in [5.41, 5.74) is 6.90. The fourth-order valence-electron chi connectivity index (χ4n) is 2.48. The first-order chi connectivity index (χ1) is 12.5. The van der Waals surface area contributed by atoms with E-state index in [0.29, 0.717) is 17.9 Å². The standard InChI is InChI=1S/C18H17FN4O3/c19-13-5-3-11(4-6-13)8-12(17(20)24)10-21-18(25)15-9-14(22-23-15)16-2-1-7-26-16/h1-7,9,12H,8,10H2,(H2,20,24)(H,21,25)(H,22,23). The van der Waals surface area contributed by atoms with E-state index in [1.807, 2.05) is 0 Å². The van der Waals surface area contributed by atoms with E-state index in [4.69, 9.17) is 10.2 Å². The molecule has 0 aliphatic heterocycles. The predicted octanol–water partition coefficient (Wildman–Crippen LogP) is 1.88. The van der Waals surface area contributed by atoms with E-state index in [1.54, 1.807) is 30.3 Å². The van der Waals surface area contributed by atoms with Crippen molar-refractivity contribution in [1.29, 1.82) is 0 Å². The lowest BCUT2D eigenvalue weighted by atomic mass is 9.98.